The number of hydrogen-bond acceptors (Lipinski definition) is 8. The lowest BCUT2D eigenvalue weighted by atomic mass is 10.2. The predicted molar refractivity (Wildman–Crippen MR) is 116 cm³/mol. The van der Waals surface area contributed by atoms with E-state index in [1.165, 1.54) is 11.3 Å². The quantitative estimate of drug-likeness (QED) is 0.421. The summed E-state index contributed by atoms with van der Waals surface area (Å²) in [7, 11) is 0. The zero-order chi connectivity index (χ0) is 21.7. The van der Waals surface area contributed by atoms with Gasteiger partial charge in [-0.25, -0.2) is 9.78 Å². The van der Waals surface area contributed by atoms with Gasteiger partial charge in [-0.2, -0.15) is 0 Å². The highest BCUT2D eigenvalue weighted by Crippen LogP contribution is 2.31. The third-order valence-corrected chi connectivity index (χ3v) is 6.64. The van der Waals surface area contributed by atoms with Gasteiger partial charge in [-0.1, -0.05) is 17.7 Å². The molecular weight excluding hydrogens is 440 g/mol. The topological polar surface area (TPSA) is 100 Å². The Hall–Kier alpha value is -3.04. The molecule has 5 rings (SSSR count). The summed E-state index contributed by atoms with van der Waals surface area (Å²) >= 11 is 7.18. The number of fused-ring (bicyclic) bond motifs is 2. The Morgan fingerprint density at radius 1 is 1.35 bits per heavy atom. The maximum absolute atomic E-state index is 12.8. The molecule has 0 saturated carbocycles. The van der Waals surface area contributed by atoms with Crippen molar-refractivity contribution in [2.24, 2.45) is 0 Å². The Kier molecular flexibility index (Phi) is 4.86. The predicted octanol–water partition coefficient (Wildman–Crippen LogP) is 4.33. The van der Waals surface area contributed by atoms with Crippen LogP contribution in [0.5, 0.6) is 0 Å². The van der Waals surface area contributed by atoms with Gasteiger partial charge in [0.15, 0.2) is 6.10 Å². The van der Waals surface area contributed by atoms with Gasteiger partial charge >= 0.3 is 5.97 Å². The van der Waals surface area contributed by atoms with E-state index in [4.69, 9.17) is 20.8 Å². The molecule has 4 aromatic rings. The van der Waals surface area contributed by atoms with E-state index in [0.29, 0.717) is 37.8 Å². The van der Waals surface area contributed by atoms with Gasteiger partial charge in [0.2, 0.25) is 5.89 Å². The molecule has 1 unspecified atom stereocenters. The summed E-state index contributed by atoms with van der Waals surface area (Å²) in [5, 5.41) is 9.03. The second-order valence-corrected chi connectivity index (χ2v) is 8.76. The summed E-state index contributed by atoms with van der Waals surface area (Å²) in [6, 6.07) is 7.03. The van der Waals surface area contributed by atoms with Crippen LogP contribution in [0.4, 0.5) is 0 Å². The number of aryl methyl sites for hydroxylation is 2. The Labute approximate surface area is 185 Å². The van der Waals surface area contributed by atoms with Crippen molar-refractivity contribution >= 4 is 39.1 Å². The van der Waals surface area contributed by atoms with E-state index in [-0.39, 0.29) is 17.3 Å². The van der Waals surface area contributed by atoms with Crippen molar-refractivity contribution in [3.63, 3.8) is 0 Å². The van der Waals surface area contributed by atoms with E-state index in [1.54, 1.807) is 42.7 Å². The van der Waals surface area contributed by atoms with Crippen molar-refractivity contribution in [3.8, 4) is 11.5 Å². The first-order chi connectivity index (χ1) is 14.9. The number of ether oxygens (including phenoxy) is 1. The van der Waals surface area contributed by atoms with Crippen LogP contribution in [-0.2, 0) is 17.7 Å². The molecule has 8 nitrogen and oxygen atoms in total. The van der Waals surface area contributed by atoms with Crippen molar-refractivity contribution in [3.05, 3.63) is 61.8 Å². The van der Waals surface area contributed by atoms with Crippen LogP contribution >= 0.6 is 22.9 Å². The second kappa shape index (κ2) is 7.58. The number of nitrogens with zero attached hydrogens (tertiary/aromatic N) is 4. The van der Waals surface area contributed by atoms with E-state index >= 15 is 0 Å². The molecular formula is C21H17ClN4O4S. The van der Waals surface area contributed by atoms with Crippen LogP contribution < -0.4 is 5.56 Å². The number of aromatic nitrogens is 4. The van der Waals surface area contributed by atoms with Crippen LogP contribution in [0.1, 0.15) is 46.4 Å². The summed E-state index contributed by atoms with van der Waals surface area (Å²) < 4.78 is 12.9. The number of esters is 1. The van der Waals surface area contributed by atoms with Crippen LogP contribution in [0.15, 0.2) is 33.5 Å². The normalized spacial score (nSPS) is 14.0. The molecule has 1 aliphatic heterocycles. The lowest BCUT2D eigenvalue weighted by Gasteiger charge is -2.08. The van der Waals surface area contributed by atoms with Gasteiger partial charge in [0.05, 0.1) is 5.39 Å². The highest BCUT2D eigenvalue weighted by atomic mass is 35.5. The number of halogens is 1. The smallest absolute Gasteiger partial charge is 0.349 e. The van der Waals surface area contributed by atoms with Crippen LogP contribution in [-0.4, -0.2) is 25.7 Å². The molecule has 158 valence electrons. The molecule has 0 amide bonds. The third-order valence-electron chi connectivity index (χ3n) is 5.24. The highest BCUT2D eigenvalue weighted by Gasteiger charge is 2.26. The first-order valence-electron chi connectivity index (χ1n) is 9.75. The lowest BCUT2D eigenvalue weighted by Crippen LogP contribution is -2.20. The molecule has 1 atom stereocenters. The Morgan fingerprint density at radius 3 is 3.00 bits per heavy atom. The number of thiophene rings is 1. The van der Waals surface area contributed by atoms with E-state index < -0.39 is 12.1 Å². The summed E-state index contributed by atoms with van der Waals surface area (Å²) in [5.74, 6) is 0.663. The number of hydrogen-bond donors (Lipinski definition) is 0. The van der Waals surface area contributed by atoms with Gasteiger partial charge in [-0.05, 0) is 44.0 Å². The number of benzene rings is 1. The Balaban J connectivity index is 1.40. The minimum absolute atomic E-state index is 0.0959. The summed E-state index contributed by atoms with van der Waals surface area (Å²) in [6.45, 7) is 4.06. The first kappa shape index (κ1) is 19.9. The van der Waals surface area contributed by atoms with Crippen molar-refractivity contribution in [2.75, 3.05) is 0 Å². The van der Waals surface area contributed by atoms with Crippen molar-refractivity contribution in [1.82, 2.24) is 19.7 Å². The molecule has 4 heterocycles. The molecule has 10 heteroatoms. The molecule has 0 radical (unpaired) electrons. The van der Waals surface area contributed by atoms with Gasteiger partial charge in [0.1, 0.15) is 15.5 Å². The number of carbonyl (C=O) groups is 1. The molecule has 0 N–H and O–H groups in total. The molecule has 0 spiro atoms. The molecule has 1 aliphatic rings. The second-order valence-electron chi connectivity index (χ2n) is 7.33. The van der Waals surface area contributed by atoms with Gasteiger partial charge in [0, 0.05) is 23.6 Å². The van der Waals surface area contributed by atoms with Gasteiger partial charge in [-0.3, -0.25) is 9.36 Å². The van der Waals surface area contributed by atoms with E-state index in [2.05, 4.69) is 15.2 Å². The SMILES string of the molecule is Cc1c(C(=O)OC(C)c2nnc(-c3cccc(Cl)c3)o2)sc2nc3n(c(=O)c12)CCC3. The Morgan fingerprint density at radius 2 is 2.19 bits per heavy atom. The first-order valence-corrected chi connectivity index (χ1v) is 10.9. The van der Waals surface area contributed by atoms with E-state index in [1.807, 2.05) is 0 Å². The van der Waals surface area contributed by atoms with Crippen LogP contribution in [0.2, 0.25) is 5.02 Å². The zero-order valence-electron chi connectivity index (χ0n) is 16.7. The monoisotopic (exact) mass is 456 g/mol. The summed E-state index contributed by atoms with van der Waals surface area (Å²) in [6.07, 6.45) is 0.911. The number of rotatable bonds is 4. The number of carbonyl (C=O) groups excluding carboxylic acids is 1. The van der Waals surface area contributed by atoms with Crippen molar-refractivity contribution < 1.29 is 13.9 Å². The average Bonchev–Trinajstić information content (AvgIpc) is 3.47. The maximum Gasteiger partial charge on any atom is 0.349 e. The summed E-state index contributed by atoms with van der Waals surface area (Å²) in [5.41, 5.74) is 1.16. The molecule has 3 aromatic heterocycles. The van der Waals surface area contributed by atoms with E-state index in [0.717, 1.165) is 18.7 Å². The van der Waals surface area contributed by atoms with Crippen molar-refractivity contribution in [1.29, 1.82) is 0 Å². The summed E-state index contributed by atoms with van der Waals surface area (Å²) in [4.78, 5) is 31.2. The van der Waals surface area contributed by atoms with Gasteiger partial charge < -0.3 is 9.15 Å². The van der Waals surface area contributed by atoms with Crippen LogP contribution in [0.25, 0.3) is 21.7 Å². The van der Waals surface area contributed by atoms with Gasteiger partial charge in [-0.15, -0.1) is 21.5 Å². The third kappa shape index (κ3) is 3.43. The minimum Gasteiger partial charge on any atom is -0.448 e. The molecule has 0 bridgehead atoms. The fourth-order valence-electron chi connectivity index (χ4n) is 3.67. The molecule has 31 heavy (non-hydrogen) atoms. The van der Waals surface area contributed by atoms with Crippen LogP contribution in [0.3, 0.4) is 0 Å². The maximum atomic E-state index is 12.8. The van der Waals surface area contributed by atoms with Crippen LogP contribution in [0, 0.1) is 6.92 Å². The molecule has 0 aliphatic carbocycles. The lowest BCUT2D eigenvalue weighted by molar-refractivity contribution is 0.0285. The minimum atomic E-state index is -0.767. The molecule has 1 aromatic carbocycles. The largest absolute Gasteiger partial charge is 0.448 e. The highest BCUT2D eigenvalue weighted by molar-refractivity contribution is 7.20. The van der Waals surface area contributed by atoms with Gasteiger partial charge in [0.25, 0.3) is 11.4 Å². The zero-order valence-corrected chi connectivity index (χ0v) is 18.3. The molecule has 0 fully saturated rings. The standard InChI is InChI=1S/C21H17ClN4O4S/c1-10-15-19(23-14-7-4-8-26(14)20(15)27)31-16(10)21(28)29-11(2)17-24-25-18(30-17)12-5-3-6-13(22)9-12/h3,5-6,9,11H,4,7-8H2,1-2H3. The van der Waals surface area contributed by atoms with E-state index in [9.17, 15) is 9.59 Å². The fraction of sp³-hybridized carbons (Fsp3) is 0.286. The average molecular weight is 457 g/mol. The Bertz CT molecular complexity index is 1390. The molecule has 0 saturated heterocycles. The van der Waals surface area contributed by atoms with Crippen molar-refractivity contribution in [2.45, 2.75) is 39.3 Å². The fourth-order valence-corrected chi connectivity index (χ4v) is 4.94.